The van der Waals surface area contributed by atoms with Gasteiger partial charge in [-0.25, -0.2) is 4.79 Å². The highest BCUT2D eigenvalue weighted by molar-refractivity contribution is 5.89. The fraction of sp³-hybridized carbons (Fsp3) is 0.222. The Bertz CT molecular complexity index is 830. The molecule has 0 unspecified atom stereocenters. The van der Waals surface area contributed by atoms with Gasteiger partial charge in [0.2, 0.25) is 0 Å². The molecular weight excluding hydrogens is 318 g/mol. The first-order chi connectivity index (χ1) is 12.2. The van der Waals surface area contributed by atoms with Crippen LogP contribution in [0, 0.1) is 0 Å². The minimum Gasteiger partial charge on any atom is -0.462 e. The lowest BCUT2D eigenvalue weighted by atomic mass is 10.1. The number of nitrogens with one attached hydrogen (secondary N) is 1. The van der Waals surface area contributed by atoms with Crippen LogP contribution in [0.5, 0.6) is 0 Å². The van der Waals surface area contributed by atoms with Crippen LogP contribution in [-0.4, -0.2) is 39.8 Å². The summed E-state index contributed by atoms with van der Waals surface area (Å²) >= 11 is 0. The Hall–Kier alpha value is -3.06. The molecule has 0 bridgehead atoms. The molecule has 1 atom stereocenters. The van der Waals surface area contributed by atoms with Gasteiger partial charge >= 0.3 is 5.97 Å². The summed E-state index contributed by atoms with van der Waals surface area (Å²) in [5.74, 6) is 0.320. The predicted octanol–water partition coefficient (Wildman–Crippen LogP) is 2.15. The lowest BCUT2D eigenvalue weighted by Crippen LogP contribution is -2.22. The van der Waals surface area contributed by atoms with Crippen LogP contribution in [0.2, 0.25) is 0 Å². The van der Waals surface area contributed by atoms with E-state index in [1.165, 1.54) is 0 Å². The SMILES string of the molecule is CCOC(=O)c1ccc(-n2nnnc2[C@@H](NC)c2ccccc2)cc1. The largest absolute Gasteiger partial charge is 0.462 e. The molecule has 0 amide bonds. The van der Waals surface area contributed by atoms with E-state index >= 15 is 0 Å². The Morgan fingerprint density at radius 1 is 1.16 bits per heavy atom. The highest BCUT2D eigenvalue weighted by atomic mass is 16.5. The Kier molecular flexibility index (Phi) is 5.15. The molecular formula is C18H19N5O2. The number of tetrazole rings is 1. The van der Waals surface area contributed by atoms with Gasteiger partial charge in [-0.2, -0.15) is 4.68 Å². The molecule has 0 aliphatic heterocycles. The van der Waals surface area contributed by atoms with Crippen LogP contribution < -0.4 is 5.32 Å². The van der Waals surface area contributed by atoms with E-state index in [9.17, 15) is 4.79 Å². The molecule has 0 aliphatic rings. The molecule has 0 aliphatic carbocycles. The summed E-state index contributed by atoms with van der Waals surface area (Å²) < 4.78 is 6.66. The zero-order valence-electron chi connectivity index (χ0n) is 14.1. The number of esters is 1. The van der Waals surface area contributed by atoms with Crippen molar-refractivity contribution in [1.29, 1.82) is 0 Å². The maximum absolute atomic E-state index is 11.8. The molecule has 0 saturated carbocycles. The Morgan fingerprint density at radius 2 is 1.88 bits per heavy atom. The molecule has 0 fully saturated rings. The van der Waals surface area contributed by atoms with Gasteiger partial charge in [0.25, 0.3) is 0 Å². The van der Waals surface area contributed by atoms with E-state index in [0.717, 1.165) is 11.3 Å². The zero-order valence-corrected chi connectivity index (χ0v) is 14.1. The average molecular weight is 337 g/mol. The fourth-order valence-corrected chi connectivity index (χ4v) is 2.60. The smallest absolute Gasteiger partial charge is 0.338 e. The lowest BCUT2D eigenvalue weighted by Gasteiger charge is -2.16. The molecule has 7 heteroatoms. The van der Waals surface area contributed by atoms with E-state index in [1.54, 1.807) is 35.9 Å². The van der Waals surface area contributed by atoms with Crippen molar-refractivity contribution >= 4 is 5.97 Å². The molecule has 1 aromatic heterocycles. The van der Waals surface area contributed by atoms with Gasteiger partial charge in [0.1, 0.15) is 0 Å². The summed E-state index contributed by atoms with van der Waals surface area (Å²) in [6.07, 6.45) is 0. The lowest BCUT2D eigenvalue weighted by molar-refractivity contribution is 0.0526. The topological polar surface area (TPSA) is 81.9 Å². The number of carbonyl (C=O) groups excluding carboxylic acids is 1. The number of hydrogen-bond donors (Lipinski definition) is 1. The number of benzene rings is 2. The molecule has 128 valence electrons. The number of aromatic nitrogens is 4. The molecule has 0 saturated heterocycles. The standard InChI is InChI=1S/C18H19N5O2/c1-3-25-18(24)14-9-11-15(12-10-14)23-17(20-21-22-23)16(19-2)13-7-5-4-6-8-13/h4-12,16,19H,3H2,1-2H3/t16-/m0/s1. The quantitative estimate of drug-likeness (QED) is 0.694. The van der Waals surface area contributed by atoms with E-state index in [2.05, 4.69) is 20.8 Å². The van der Waals surface area contributed by atoms with Crippen LogP contribution in [0.4, 0.5) is 0 Å². The van der Waals surface area contributed by atoms with E-state index in [4.69, 9.17) is 4.74 Å². The zero-order chi connectivity index (χ0) is 17.6. The third-order valence-electron chi connectivity index (χ3n) is 3.80. The van der Waals surface area contributed by atoms with Gasteiger partial charge < -0.3 is 10.1 Å². The Balaban J connectivity index is 1.92. The van der Waals surface area contributed by atoms with E-state index < -0.39 is 0 Å². The molecule has 1 heterocycles. The Morgan fingerprint density at radius 3 is 2.52 bits per heavy atom. The molecule has 0 radical (unpaired) electrons. The van der Waals surface area contributed by atoms with Gasteiger partial charge in [-0.15, -0.1) is 5.10 Å². The third kappa shape index (κ3) is 3.56. The van der Waals surface area contributed by atoms with Crippen LogP contribution in [0.3, 0.4) is 0 Å². The van der Waals surface area contributed by atoms with Gasteiger partial charge in [0, 0.05) is 0 Å². The van der Waals surface area contributed by atoms with Crippen LogP contribution in [0.15, 0.2) is 54.6 Å². The second kappa shape index (κ2) is 7.67. The normalized spacial score (nSPS) is 11.9. The highest BCUT2D eigenvalue weighted by Crippen LogP contribution is 2.21. The molecule has 2 aromatic carbocycles. The first-order valence-electron chi connectivity index (χ1n) is 8.02. The summed E-state index contributed by atoms with van der Waals surface area (Å²) in [4.78, 5) is 11.8. The van der Waals surface area contributed by atoms with Crippen LogP contribution in [0.25, 0.3) is 5.69 Å². The van der Waals surface area contributed by atoms with E-state index in [-0.39, 0.29) is 12.0 Å². The van der Waals surface area contributed by atoms with Crippen molar-refractivity contribution in [2.45, 2.75) is 13.0 Å². The van der Waals surface area contributed by atoms with Crippen LogP contribution in [-0.2, 0) is 4.74 Å². The summed E-state index contributed by atoms with van der Waals surface area (Å²) in [6.45, 7) is 2.12. The molecule has 3 aromatic rings. The van der Waals surface area contributed by atoms with Crippen LogP contribution in [0.1, 0.15) is 34.7 Å². The third-order valence-corrected chi connectivity index (χ3v) is 3.80. The summed E-state index contributed by atoms with van der Waals surface area (Å²) in [7, 11) is 1.86. The number of hydrogen-bond acceptors (Lipinski definition) is 6. The highest BCUT2D eigenvalue weighted by Gasteiger charge is 2.20. The van der Waals surface area contributed by atoms with Crippen molar-refractivity contribution in [2.75, 3.05) is 13.7 Å². The maximum atomic E-state index is 11.8. The second-order valence-corrected chi connectivity index (χ2v) is 5.35. The first-order valence-corrected chi connectivity index (χ1v) is 8.02. The molecule has 25 heavy (non-hydrogen) atoms. The molecule has 3 rings (SSSR count). The van der Waals surface area contributed by atoms with Crippen molar-refractivity contribution < 1.29 is 9.53 Å². The van der Waals surface area contributed by atoms with Crippen molar-refractivity contribution in [1.82, 2.24) is 25.5 Å². The van der Waals surface area contributed by atoms with Gasteiger partial charge in [0.15, 0.2) is 5.82 Å². The van der Waals surface area contributed by atoms with Crippen LogP contribution >= 0.6 is 0 Å². The minimum atomic E-state index is -0.344. The molecule has 7 nitrogen and oxygen atoms in total. The number of carbonyl (C=O) groups is 1. The van der Waals surface area contributed by atoms with E-state index in [0.29, 0.717) is 18.0 Å². The number of ether oxygens (including phenoxy) is 1. The molecule has 0 spiro atoms. The number of nitrogens with zero attached hydrogens (tertiary/aromatic N) is 4. The summed E-state index contributed by atoms with van der Waals surface area (Å²) in [5, 5.41) is 15.3. The van der Waals surface area contributed by atoms with Crippen molar-refractivity contribution in [3.63, 3.8) is 0 Å². The molecule has 1 N–H and O–H groups in total. The maximum Gasteiger partial charge on any atom is 0.338 e. The fourth-order valence-electron chi connectivity index (χ4n) is 2.60. The minimum absolute atomic E-state index is 0.152. The van der Waals surface area contributed by atoms with Gasteiger partial charge in [0.05, 0.1) is 23.9 Å². The first kappa shape index (κ1) is 16.8. The average Bonchev–Trinajstić information content (AvgIpc) is 3.13. The van der Waals surface area contributed by atoms with Crippen molar-refractivity contribution in [3.05, 3.63) is 71.5 Å². The summed E-state index contributed by atoms with van der Waals surface area (Å²) in [6, 6.07) is 16.8. The predicted molar refractivity (Wildman–Crippen MR) is 92.5 cm³/mol. The van der Waals surface area contributed by atoms with E-state index in [1.807, 2.05) is 37.4 Å². The Labute approximate surface area is 145 Å². The second-order valence-electron chi connectivity index (χ2n) is 5.35. The van der Waals surface area contributed by atoms with Crippen molar-refractivity contribution in [3.8, 4) is 5.69 Å². The van der Waals surface area contributed by atoms with Crippen molar-refractivity contribution in [2.24, 2.45) is 0 Å². The van der Waals surface area contributed by atoms with Gasteiger partial charge in [-0.05, 0) is 54.2 Å². The monoisotopic (exact) mass is 337 g/mol. The summed E-state index contributed by atoms with van der Waals surface area (Å²) in [5.41, 5.74) is 2.32. The van der Waals surface area contributed by atoms with Gasteiger partial charge in [-0.3, -0.25) is 0 Å². The number of rotatable bonds is 6. The van der Waals surface area contributed by atoms with Gasteiger partial charge in [-0.1, -0.05) is 30.3 Å².